The summed E-state index contributed by atoms with van der Waals surface area (Å²) in [7, 11) is 0. The number of aromatic nitrogens is 7. The molecular weight excluding hydrogens is 1290 g/mol. The Labute approximate surface area is 612 Å². The second-order valence-electron chi connectivity index (χ2n) is 27.1. The van der Waals surface area contributed by atoms with Gasteiger partial charge in [0.25, 0.3) is 0 Å². The third-order valence-corrected chi connectivity index (χ3v) is 20.8. The number of hydrogen-bond acceptors (Lipinski definition) is 3. The van der Waals surface area contributed by atoms with Crippen LogP contribution in [-0.4, -0.2) is 33.2 Å². The number of rotatable bonds is 11. The van der Waals surface area contributed by atoms with Gasteiger partial charge >= 0.3 is 0 Å². The predicted molar refractivity (Wildman–Crippen MR) is 442 cm³/mol. The van der Waals surface area contributed by atoms with E-state index < -0.39 is 0 Å². The van der Waals surface area contributed by atoms with Crippen LogP contribution in [0.2, 0.25) is 0 Å². The van der Waals surface area contributed by atoms with Crippen molar-refractivity contribution in [2.75, 3.05) is 0 Å². The van der Waals surface area contributed by atoms with Crippen LogP contribution >= 0.6 is 0 Å². The Kier molecular flexibility index (Phi) is 15.1. The third-order valence-electron chi connectivity index (χ3n) is 20.8. The molecule has 0 saturated carbocycles. The van der Waals surface area contributed by atoms with Crippen LogP contribution in [0.15, 0.2) is 394 Å². The molecule has 15 aromatic carbocycles. The van der Waals surface area contributed by atoms with Gasteiger partial charge in [0.15, 0.2) is 0 Å². The van der Waals surface area contributed by atoms with E-state index in [0.29, 0.717) is 5.95 Å². The Morgan fingerprint density at radius 3 is 0.887 bits per heavy atom. The van der Waals surface area contributed by atoms with Crippen LogP contribution in [0.5, 0.6) is 0 Å². The molecule has 21 aromatic rings. The van der Waals surface area contributed by atoms with Crippen molar-refractivity contribution in [1.82, 2.24) is 33.2 Å². The van der Waals surface area contributed by atoms with Gasteiger partial charge in [-0.25, -0.2) is 15.0 Å². The summed E-state index contributed by atoms with van der Waals surface area (Å²) in [5, 5.41) is 9.73. The molecular formula is C99H65N7. The average molecular weight is 1350 g/mol. The fraction of sp³-hybridized carbons (Fsp3) is 0. The Bertz CT molecular complexity index is 6800. The Morgan fingerprint density at radius 2 is 0.434 bits per heavy atom. The molecule has 0 atom stereocenters. The van der Waals surface area contributed by atoms with Crippen molar-refractivity contribution in [2.45, 2.75) is 0 Å². The number of hydrogen-bond donors (Lipinski definition) is 0. The first-order valence-electron chi connectivity index (χ1n) is 36.1. The highest BCUT2D eigenvalue weighted by Crippen LogP contribution is 2.43. The van der Waals surface area contributed by atoms with Gasteiger partial charge in [-0.2, -0.15) is 0 Å². The van der Waals surface area contributed by atoms with Gasteiger partial charge in [-0.05, 0) is 137 Å². The fourth-order valence-corrected chi connectivity index (χ4v) is 15.9. The van der Waals surface area contributed by atoms with Crippen molar-refractivity contribution in [3.63, 3.8) is 0 Å². The van der Waals surface area contributed by atoms with Gasteiger partial charge in [-0.3, -0.25) is 4.57 Å². The first-order chi connectivity index (χ1) is 52.6. The zero-order valence-electron chi connectivity index (χ0n) is 57.7. The minimum Gasteiger partial charge on any atom is -0.309 e. The maximum Gasteiger partial charge on any atom is 0.235 e. The molecule has 0 amide bonds. The van der Waals surface area contributed by atoms with E-state index in [0.717, 1.165) is 84.0 Å². The highest BCUT2D eigenvalue weighted by Gasteiger charge is 2.22. The van der Waals surface area contributed by atoms with E-state index in [1.807, 2.05) is 12.1 Å². The molecule has 0 aliphatic heterocycles. The molecule has 0 saturated heterocycles. The number of pyridine rings is 1. The van der Waals surface area contributed by atoms with Crippen LogP contribution in [0.25, 0.3) is 189 Å². The van der Waals surface area contributed by atoms with Crippen LogP contribution in [-0.2, 0) is 0 Å². The van der Waals surface area contributed by atoms with E-state index in [-0.39, 0.29) is 0 Å². The van der Waals surface area contributed by atoms with Gasteiger partial charge < -0.3 is 13.7 Å². The molecule has 0 aliphatic carbocycles. The van der Waals surface area contributed by atoms with Gasteiger partial charge in [-0.1, -0.05) is 291 Å². The summed E-state index contributed by atoms with van der Waals surface area (Å²) < 4.78 is 9.41. The molecule has 0 bridgehead atoms. The number of benzene rings is 15. The molecule has 0 aliphatic rings. The summed E-state index contributed by atoms with van der Waals surface area (Å²) in [6, 6.07) is 141. The molecule has 0 radical (unpaired) electrons. The normalized spacial score (nSPS) is 11.6. The fourth-order valence-electron chi connectivity index (χ4n) is 15.9. The van der Waals surface area contributed by atoms with Crippen molar-refractivity contribution in [3.8, 4) is 101 Å². The van der Waals surface area contributed by atoms with Crippen LogP contribution in [0.3, 0.4) is 0 Å². The number of nitrogens with zero attached hydrogens (tertiary/aromatic N) is 7. The monoisotopic (exact) mass is 1350 g/mol. The molecule has 7 nitrogen and oxygen atoms in total. The van der Waals surface area contributed by atoms with Crippen molar-refractivity contribution >= 4 is 87.2 Å². The highest BCUT2D eigenvalue weighted by atomic mass is 15.2. The van der Waals surface area contributed by atoms with Crippen LogP contribution in [0, 0.1) is 0 Å². The van der Waals surface area contributed by atoms with Gasteiger partial charge in [0.05, 0.1) is 72.6 Å². The van der Waals surface area contributed by atoms with E-state index in [4.69, 9.17) is 15.0 Å². The van der Waals surface area contributed by atoms with E-state index >= 15 is 0 Å². The second kappa shape index (κ2) is 26.0. The van der Waals surface area contributed by atoms with Crippen molar-refractivity contribution in [2.24, 2.45) is 0 Å². The molecule has 0 unspecified atom stereocenters. The third kappa shape index (κ3) is 10.8. The van der Waals surface area contributed by atoms with Crippen molar-refractivity contribution in [1.29, 1.82) is 0 Å². The van der Waals surface area contributed by atoms with E-state index in [9.17, 15) is 0 Å². The number of fused-ring (bicyclic) bond motifs is 12. The maximum absolute atomic E-state index is 5.26. The highest BCUT2D eigenvalue weighted by molar-refractivity contribution is 6.15. The SMILES string of the molecule is c1ccc(-c2cc(-n3c4ccccc4c4ccc(-c5ccc6c(c5)c5ccccc5n6-c5ccccc5)cc43)cc(-c3ccccc3)n2)cc1.c1ccc(-c2cccc(-n3c4ccccc4c4cc(-c5ccc6c7ccccc7n(-c7nc(-c8ccccc8)cc(-c8ccccc8)n7)c6c5)ccc43)c2)cc1. The molecule has 0 spiro atoms. The second-order valence-corrected chi connectivity index (χ2v) is 27.1. The lowest BCUT2D eigenvalue weighted by atomic mass is 10.0. The minimum atomic E-state index is 0.643. The molecule has 496 valence electrons. The summed E-state index contributed by atoms with van der Waals surface area (Å²) in [5.41, 5.74) is 27.7. The van der Waals surface area contributed by atoms with E-state index in [2.05, 4.69) is 400 Å². The van der Waals surface area contributed by atoms with E-state index in [1.165, 1.54) is 98.7 Å². The Morgan fingerprint density at radius 1 is 0.142 bits per heavy atom. The molecule has 0 fully saturated rings. The zero-order valence-corrected chi connectivity index (χ0v) is 57.7. The lowest BCUT2D eigenvalue weighted by Crippen LogP contribution is -2.04. The first-order valence-corrected chi connectivity index (χ1v) is 36.1. The van der Waals surface area contributed by atoms with Crippen LogP contribution < -0.4 is 0 Å². The number of para-hydroxylation sites is 5. The molecule has 106 heavy (non-hydrogen) atoms. The largest absolute Gasteiger partial charge is 0.309 e. The topological polar surface area (TPSA) is 58.4 Å². The predicted octanol–water partition coefficient (Wildman–Crippen LogP) is 25.6. The summed E-state index contributed by atoms with van der Waals surface area (Å²) in [4.78, 5) is 15.7. The lowest BCUT2D eigenvalue weighted by Gasteiger charge is -2.14. The molecule has 0 N–H and O–H groups in total. The Hall–Kier alpha value is -14.3. The van der Waals surface area contributed by atoms with Gasteiger partial charge in [-0.15, -0.1) is 0 Å². The van der Waals surface area contributed by atoms with E-state index in [1.54, 1.807) is 0 Å². The van der Waals surface area contributed by atoms with Gasteiger partial charge in [0, 0.05) is 76.7 Å². The summed E-state index contributed by atoms with van der Waals surface area (Å²) >= 11 is 0. The first kappa shape index (κ1) is 61.6. The van der Waals surface area contributed by atoms with Gasteiger partial charge in [0.2, 0.25) is 5.95 Å². The minimum absolute atomic E-state index is 0.643. The molecule has 21 rings (SSSR count). The van der Waals surface area contributed by atoms with Crippen LogP contribution in [0.1, 0.15) is 0 Å². The Balaban J connectivity index is 0.000000141. The average Bonchev–Trinajstić information content (AvgIpc) is 1.60. The summed E-state index contributed by atoms with van der Waals surface area (Å²) in [6.07, 6.45) is 0. The quantitative estimate of drug-likeness (QED) is 0.130. The van der Waals surface area contributed by atoms with Crippen molar-refractivity contribution < 1.29 is 0 Å². The lowest BCUT2D eigenvalue weighted by molar-refractivity contribution is 0.996. The van der Waals surface area contributed by atoms with Crippen molar-refractivity contribution in [3.05, 3.63) is 394 Å². The molecule has 6 aromatic heterocycles. The standard InChI is InChI=1S/C52H34N4.C47H31N3/c1-4-15-35(16-5-1)38-21-14-22-41(31-38)55-48-25-12-11-24-43(48)45-32-39(28-30-50(45)55)40-27-29-44-42-23-10-13-26-49(42)56(51(44)33-40)52-53-46(36-17-6-2-7-18-36)34-47(54-52)37-19-8-3-9-20-37;1-4-14-32(15-5-1)42-30-37(31-43(48-42)33-16-6-2-7-17-33)50-44-22-12-10-20-38(44)40-26-24-35(29-47(40)50)34-25-27-46-41(28-34)39-21-11-13-23-45(39)49(46)36-18-8-3-9-19-36/h1-34H;1-31H. The maximum atomic E-state index is 5.26. The van der Waals surface area contributed by atoms with Crippen LogP contribution in [0.4, 0.5) is 0 Å². The zero-order chi connectivity index (χ0) is 70.0. The molecule has 7 heteroatoms. The molecule has 6 heterocycles. The smallest absolute Gasteiger partial charge is 0.235 e. The van der Waals surface area contributed by atoms with Gasteiger partial charge in [0.1, 0.15) is 0 Å². The summed E-state index contributed by atoms with van der Waals surface area (Å²) in [5.74, 6) is 0.643. The summed E-state index contributed by atoms with van der Waals surface area (Å²) in [6.45, 7) is 0.